The van der Waals surface area contributed by atoms with Gasteiger partial charge in [0.15, 0.2) is 0 Å². The summed E-state index contributed by atoms with van der Waals surface area (Å²) in [5.41, 5.74) is 7.91. The summed E-state index contributed by atoms with van der Waals surface area (Å²) < 4.78 is 10.7. The maximum atomic E-state index is 5.37. The molecule has 0 atom stereocenters. The normalized spacial score (nSPS) is 13.2. The van der Waals surface area contributed by atoms with E-state index in [1.807, 2.05) is 12.1 Å². The number of ether oxygens (including phenoxy) is 2. The molecule has 3 aromatic rings. The van der Waals surface area contributed by atoms with E-state index < -0.39 is 0 Å². The van der Waals surface area contributed by atoms with Crippen LogP contribution >= 0.6 is 0 Å². The van der Waals surface area contributed by atoms with E-state index in [2.05, 4.69) is 60.4 Å². The molecule has 0 aliphatic carbocycles. The van der Waals surface area contributed by atoms with Crippen LogP contribution in [-0.2, 0) is 13.0 Å². The molecule has 3 aromatic carbocycles. The smallest absolute Gasteiger partial charge is 0.119 e. The molecule has 1 aliphatic heterocycles. The third-order valence-corrected chi connectivity index (χ3v) is 5.47. The number of anilines is 1. The average Bonchev–Trinajstić information content (AvgIpc) is 2.73. The highest BCUT2D eigenvalue weighted by molar-refractivity contribution is 5.74. The summed E-state index contributed by atoms with van der Waals surface area (Å²) in [6.07, 6.45) is 1.04. The Morgan fingerprint density at radius 3 is 2.30 bits per heavy atom. The molecule has 0 saturated heterocycles. The zero-order valence-electron chi connectivity index (χ0n) is 16.2. The molecule has 0 radical (unpaired) electrons. The molecule has 0 fully saturated rings. The average molecular weight is 359 g/mol. The van der Waals surface area contributed by atoms with Gasteiger partial charge < -0.3 is 14.4 Å². The van der Waals surface area contributed by atoms with Crippen LogP contribution in [0, 0.1) is 6.92 Å². The van der Waals surface area contributed by atoms with Crippen molar-refractivity contribution in [3.05, 3.63) is 77.4 Å². The second kappa shape index (κ2) is 7.36. The standard InChI is InChI=1S/C24H25NO2/c1-17-23(18-7-10-21(26-2)11-8-18)5-4-6-24(17)25-14-13-19-15-22(27-3)12-9-20(19)16-25/h4-12,15H,13-14,16H2,1-3H3. The molecule has 1 aliphatic rings. The Morgan fingerprint density at radius 2 is 1.56 bits per heavy atom. The third kappa shape index (κ3) is 3.37. The van der Waals surface area contributed by atoms with Crippen molar-refractivity contribution < 1.29 is 9.47 Å². The lowest BCUT2D eigenvalue weighted by molar-refractivity contribution is 0.413. The number of rotatable bonds is 4. The molecule has 0 N–H and O–H groups in total. The second-order valence-corrected chi connectivity index (χ2v) is 6.98. The lowest BCUT2D eigenvalue weighted by atomic mass is 9.95. The molecule has 3 heteroatoms. The summed E-state index contributed by atoms with van der Waals surface area (Å²) in [5, 5.41) is 0. The van der Waals surface area contributed by atoms with Crippen LogP contribution in [0.2, 0.25) is 0 Å². The molecule has 0 saturated carbocycles. The molecule has 27 heavy (non-hydrogen) atoms. The van der Waals surface area contributed by atoms with Crippen LogP contribution in [-0.4, -0.2) is 20.8 Å². The van der Waals surface area contributed by atoms with Crippen LogP contribution in [0.5, 0.6) is 11.5 Å². The molecular weight excluding hydrogens is 334 g/mol. The van der Waals surface area contributed by atoms with Gasteiger partial charge in [-0.05, 0) is 71.5 Å². The molecule has 1 heterocycles. The monoisotopic (exact) mass is 359 g/mol. The summed E-state index contributed by atoms with van der Waals surface area (Å²) in [6.45, 7) is 4.18. The fraction of sp³-hybridized carbons (Fsp3) is 0.250. The number of fused-ring (bicyclic) bond motifs is 1. The minimum atomic E-state index is 0.885. The summed E-state index contributed by atoms with van der Waals surface area (Å²) in [6, 6.07) is 21.3. The van der Waals surface area contributed by atoms with Gasteiger partial charge in [0.25, 0.3) is 0 Å². The first-order valence-electron chi connectivity index (χ1n) is 9.34. The van der Waals surface area contributed by atoms with E-state index in [0.29, 0.717) is 0 Å². The van der Waals surface area contributed by atoms with Crippen molar-refractivity contribution in [2.75, 3.05) is 25.7 Å². The van der Waals surface area contributed by atoms with E-state index >= 15 is 0 Å². The predicted molar refractivity (Wildman–Crippen MR) is 111 cm³/mol. The van der Waals surface area contributed by atoms with Crippen LogP contribution in [0.1, 0.15) is 16.7 Å². The molecular formula is C24H25NO2. The topological polar surface area (TPSA) is 21.7 Å². The van der Waals surface area contributed by atoms with E-state index in [0.717, 1.165) is 31.0 Å². The van der Waals surface area contributed by atoms with Crippen molar-refractivity contribution >= 4 is 5.69 Å². The first-order valence-corrected chi connectivity index (χ1v) is 9.34. The van der Waals surface area contributed by atoms with Crippen molar-refractivity contribution in [2.45, 2.75) is 19.9 Å². The largest absolute Gasteiger partial charge is 0.497 e. The Hall–Kier alpha value is -2.94. The van der Waals surface area contributed by atoms with Crippen LogP contribution in [0.4, 0.5) is 5.69 Å². The Balaban J connectivity index is 1.64. The molecule has 4 rings (SSSR count). The summed E-state index contributed by atoms with van der Waals surface area (Å²) in [4.78, 5) is 2.48. The molecule has 0 aromatic heterocycles. The van der Waals surface area contributed by atoms with Crippen molar-refractivity contribution in [3.63, 3.8) is 0 Å². The van der Waals surface area contributed by atoms with Crippen molar-refractivity contribution in [1.82, 2.24) is 0 Å². The maximum Gasteiger partial charge on any atom is 0.119 e. The van der Waals surface area contributed by atoms with Crippen LogP contribution in [0.25, 0.3) is 11.1 Å². The van der Waals surface area contributed by atoms with E-state index in [9.17, 15) is 0 Å². The van der Waals surface area contributed by atoms with Crippen molar-refractivity contribution in [1.29, 1.82) is 0 Å². The quantitative estimate of drug-likeness (QED) is 0.636. The third-order valence-electron chi connectivity index (χ3n) is 5.47. The lowest BCUT2D eigenvalue weighted by Gasteiger charge is -2.32. The van der Waals surface area contributed by atoms with Crippen molar-refractivity contribution in [3.8, 4) is 22.6 Å². The van der Waals surface area contributed by atoms with E-state index in [1.165, 1.54) is 33.5 Å². The summed E-state index contributed by atoms with van der Waals surface area (Å²) in [7, 11) is 3.43. The van der Waals surface area contributed by atoms with Crippen molar-refractivity contribution in [2.24, 2.45) is 0 Å². The van der Waals surface area contributed by atoms with Crippen LogP contribution in [0.15, 0.2) is 60.7 Å². The number of methoxy groups -OCH3 is 2. The van der Waals surface area contributed by atoms with E-state index in [1.54, 1.807) is 14.2 Å². The minimum absolute atomic E-state index is 0.885. The fourth-order valence-electron chi connectivity index (χ4n) is 3.91. The number of benzene rings is 3. The highest BCUT2D eigenvalue weighted by atomic mass is 16.5. The molecule has 0 spiro atoms. The highest BCUT2D eigenvalue weighted by Crippen LogP contribution is 2.34. The van der Waals surface area contributed by atoms with Gasteiger partial charge in [-0.25, -0.2) is 0 Å². The number of hydrogen-bond acceptors (Lipinski definition) is 3. The van der Waals surface area contributed by atoms with Gasteiger partial charge >= 0.3 is 0 Å². The fourth-order valence-corrected chi connectivity index (χ4v) is 3.91. The first-order chi connectivity index (χ1) is 13.2. The SMILES string of the molecule is COc1ccc(-c2cccc(N3CCc4cc(OC)ccc4C3)c2C)cc1. The Bertz CT molecular complexity index is 947. The maximum absolute atomic E-state index is 5.37. The molecule has 0 bridgehead atoms. The van der Waals surface area contributed by atoms with Crippen LogP contribution < -0.4 is 14.4 Å². The van der Waals surface area contributed by atoms with Gasteiger partial charge in [-0.3, -0.25) is 0 Å². The minimum Gasteiger partial charge on any atom is -0.497 e. The van der Waals surface area contributed by atoms with E-state index in [-0.39, 0.29) is 0 Å². The zero-order chi connectivity index (χ0) is 18.8. The second-order valence-electron chi connectivity index (χ2n) is 6.98. The van der Waals surface area contributed by atoms with Gasteiger partial charge in [0.05, 0.1) is 14.2 Å². The van der Waals surface area contributed by atoms with Gasteiger partial charge in [-0.1, -0.05) is 30.3 Å². The van der Waals surface area contributed by atoms with Gasteiger partial charge in [0.2, 0.25) is 0 Å². The number of nitrogens with zero attached hydrogens (tertiary/aromatic N) is 1. The Labute approximate surface area is 161 Å². The van der Waals surface area contributed by atoms with Gasteiger partial charge in [0.1, 0.15) is 11.5 Å². The lowest BCUT2D eigenvalue weighted by Crippen LogP contribution is -2.30. The molecule has 138 valence electrons. The first kappa shape index (κ1) is 17.5. The Morgan fingerprint density at radius 1 is 0.815 bits per heavy atom. The van der Waals surface area contributed by atoms with Gasteiger partial charge in [-0.2, -0.15) is 0 Å². The zero-order valence-corrected chi connectivity index (χ0v) is 16.2. The molecule has 3 nitrogen and oxygen atoms in total. The highest BCUT2D eigenvalue weighted by Gasteiger charge is 2.19. The molecule has 0 amide bonds. The Kier molecular flexibility index (Phi) is 4.76. The number of hydrogen-bond donors (Lipinski definition) is 0. The van der Waals surface area contributed by atoms with E-state index in [4.69, 9.17) is 9.47 Å². The van der Waals surface area contributed by atoms with Gasteiger partial charge in [0, 0.05) is 18.8 Å². The predicted octanol–water partition coefficient (Wildman–Crippen LogP) is 5.24. The van der Waals surface area contributed by atoms with Gasteiger partial charge in [-0.15, -0.1) is 0 Å². The molecule has 0 unspecified atom stereocenters. The van der Waals surface area contributed by atoms with Crippen LogP contribution in [0.3, 0.4) is 0 Å². The summed E-state index contributed by atoms with van der Waals surface area (Å²) >= 11 is 0. The summed E-state index contributed by atoms with van der Waals surface area (Å²) in [5.74, 6) is 1.83.